The molecule has 1 aromatic rings. The molecule has 1 aromatic carbocycles. The molecule has 2 fully saturated rings. The zero-order valence-electron chi connectivity index (χ0n) is 11.6. The van der Waals surface area contributed by atoms with Crippen molar-refractivity contribution in [2.24, 2.45) is 5.92 Å². The molecule has 20 heavy (non-hydrogen) atoms. The van der Waals surface area contributed by atoms with Crippen LogP contribution in [0.2, 0.25) is 5.02 Å². The van der Waals surface area contributed by atoms with Crippen molar-refractivity contribution >= 4 is 17.5 Å². The molecule has 1 saturated heterocycles. The minimum absolute atomic E-state index is 0.186. The molecule has 2 N–H and O–H groups in total. The zero-order chi connectivity index (χ0) is 14.0. The van der Waals surface area contributed by atoms with E-state index >= 15 is 0 Å². The summed E-state index contributed by atoms with van der Waals surface area (Å²) in [6, 6.07) is 7.71. The van der Waals surface area contributed by atoms with Crippen LogP contribution in [0.15, 0.2) is 24.3 Å². The number of halogens is 1. The van der Waals surface area contributed by atoms with Gasteiger partial charge < -0.3 is 10.6 Å². The molecule has 1 aliphatic heterocycles. The minimum atomic E-state index is -0.285. The molecule has 1 saturated carbocycles. The van der Waals surface area contributed by atoms with E-state index in [4.69, 9.17) is 11.6 Å². The van der Waals surface area contributed by atoms with E-state index in [1.165, 1.54) is 12.8 Å². The molecule has 1 unspecified atom stereocenters. The SMILES string of the molecule is O=C(NCC1CCCNC1)C1(c2ccc(Cl)cc2)CC1. The fourth-order valence-corrected chi connectivity index (χ4v) is 3.17. The summed E-state index contributed by atoms with van der Waals surface area (Å²) in [5.41, 5.74) is 0.813. The highest BCUT2D eigenvalue weighted by Crippen LogP contribution is 2.48. The van der Waals surface area contributed by atoms with Gasteiger partial charge in [-0.15, -0.1) is 0 Å². The average Bonchev–Trinajstić information content (AvgIpc) is 3.28. The third kappa shape index (κ3) is 2.84. The van der Waals surface area contributed by atoms with Crippen molar-refractivity contribution in [2.75, 3.05) is 19.6 Å². The number of benzene rings is 1. The Morgan fingerprint density at radius 3 is 2.70 bits per heavy atom. The summed E-state index contributed by atoms with van der Waals surface area (Å²) in [7, 11) is 0. The maximum Gasteiger partial charge on any atom is 0.230 e. The van der Waals surface area contributed by atoms with Crippen LogP contribution >= 0.6 is 11.6 Å². The smallest absolute Gasteiger partial charge is 0.230 e. The summed E-state index contributed by atoms with van der Waals surface area (Å²) in [6.07, 6.45) is 4.32. The van der Waals surface area contributed by atoms with Crippen LogP contribution in [-0.4, -0.2) is 25.5 Å². The molecular weight excluding hydrogens is 272 g/mol. The molecule has 0 aromatic heterocycles. The zero-order valence-corrected chi connectivity index (χ0v) is 12.4. The average molecular weight is 293 g/mol. The number of rotatable bonds is 4. The summed E-state index contributed by atoms with van der Waals surface area (Å²) in [6.45, 7) is 2.93. The number of amides is 1. The molecule has 4 heteroatoms. The lowest BCUT2D eigenvalue weighted by atomic mass is 9.94. The summed E-state index contributed by atoms with van der Waals surface area (Å²) in [5, 5.41) is 7.26. The normalized spacial score (nSPS) is 24.1. The van der Waals surface area contributed by atoms with E-state index in [2.05, 4.69) is 10.6 Å². The van der Waals surface area contributed by atoms with Gasteiger partial charge in [0.05, 0.1) is 5.41 Å². The van der Waals surface area contributed by atoms with Gasteiger partial charge in [0.25, 0.3) is 0 Å². The lowest BCUT2D eigenvalue weighted by molar-refractivity contribution is -0.123. The van der Waals surface area contributed by atoms with Crippen molar-refractivity contribution in [3.63, 3.8) is 0 Å². The molecule has 3 rings (SSSR count). The molecular formula is C16H21ClN2O. The molecule has 0 bridgehead atoms. The van der Waals surface area contributed by atoms with Gasteiger partial charge in [0.2, 0.25) is 5.91 Å². The molecule has 0 spiro atoms. The molecule has 0 radical (unpaired) electrons. The number of hydrogen-bond acceptors (Lipinski definition) is 2. The van der Waals surface area contributed by atoms with Gasteiger partial charge >= 0.3 is 0 Å². The van der Waals surface area contributed by atoms with Crippen LogP contribution in [0, 0.1) is 5.92 Å². The third-order valence-electron chi connectivity index (χ3n) is 4.53. The third-order valence-corrected chi connectivity index (χ3v) is 4.78. The van der Waals surface area contributed by atoms with Crippen molar-refractivity contribution in [1.82, 2.24) is 10.6 Å². The largest absolute Gasteiger partial charge is 0.355 e. The number of hydrogen-bond donors (Lipinski definition) is 2. The Balaban J connectivity index is 1.60. The summed E-state index contributed by atoms with van der Waals surface area (Å²) < 4.78 is 0. The van der Waals surface area contributed by atoms with Crippen molar-refractivity contribution in [3.05, 3.63) is 34.9 Å². The molecule has 3 nitrogen and oxygen atoms in total. The van der Waals surface area contributed by atoms with Crippen LogP contribution in [0.1, 0.15) is 31.2 Å². The Labute approximate surface area is 125 Å². The van der Waals surface area contributed by atoms with E-state index in [0.717, 1.165) is 43.1 Å². The van der Waals surface area contributed by atoms with Gasteiger partial charge in [0.1, 0.15) is 0 Å². The predicted molar refractivity (Wildman–Crippen MR) is 81.0 cm³/mol. The maximum atomic E-state index is 12.5. The van der Waals surface area contributed by atoms with Crippen molar-refractivity contribution in [3.8, 4) is 0 Å². The van der Waals surface area contributed by atoms with Crippen molar-refractivity contribution in [2.45, 2.75) is 31.1 Å². The second-order valence-corrected chi connectivity index (χ2v) is 6.45. The first kappa shape index (κ1) is 13.9. The van der Waals surface area contributed by atoms with E-state index in [0.29, 0.717) is 5.92 Å². The van der Waals surface area contributed by atoms with Gasteiger partial charge in [-0.3, -0.25) is 4.79 Å². The first-order valence-electron chi connectivity index (χ1n) is 7.46. The van der Waals surface area contributed by atoms with Crippen LogP contribution in [0.3, 0.4) is 0 Å². The van der Waals surface area contributed by atoms with E-state index in [-0.39, 0.29) is 11.3 Å². The minimum Gasteiger partial charge on any atom is -0.355 e. The van der Waals surface area contributed by atoms with Crippen LogP contribution in [0.5, 0.6) is 0 Å². The van der Waals surface area contributed by atoms with E-state index in [9.17, 15) is 4.79 Å². The topological polar surface area (TPSA) is 41.1 Å². The van der Waals surface area contributed by atoms with Gasteiger partial charge in [-0.25, -0.2) is 0 Å². The van der Waals surface area contributed by atoms with Crippen LogP contribution in [0.25, 0.3) is 0 Å². The summed E-state index contributed by atoms with van der Waals surface area (Å²) in [5.74, 6) is 0.763. The van der Waals surface area contributed by atoms with Crippen molar-refractivity contribution in [1.29, 1.82) is 0 Å². The van der Waals surface area contributed by atoms with Gasteiger partial charge in [0, 0.05) is 11.6 Å². The fourth-order valence-electron chi connectivity index (χ4n) is 3.05. The molecule has 1 heterocycles. The highest BCUT2D eigenvalue weighted by atomic mass is 35.5. The van der Waals surface area contributed by atoms with Gasteiger partial charge in [-0.1, -0.05) is 23.7 Å². The van der Waals surface area contributed by atoms with E-state index in [1.807, 2.05) is 24.3 Å². The van der Waals surface area contributed by atoms with Crippen molar-refractivity contribution < 1.29 is 4.79 Å². The lowest BCUT2D eigenvalue weighted by Gasteiger charge is -2.24. The van der Waals surface area contributed by atoms with Gasteiger partial charge in [-0.05, 0) is 62.4 Å². The number of carbonyl (C=O) groups is 1. The Morgan fingerprint density at radius 2 is 2.10 bits per heavy atom. The second-order valence-electron chi connectivity index (χ2n) is 6.01. The Hall–Kier alpha value is -1.06. The summed E-state index contributed by atoms with van der Waals surface area (Å²) in [4.78, 5) is 12.5. The maximum absolute atomic E-state index is 12.5. The van der Waals surface area contributed by atoms with Gasteiger partial charge in [-0.2, -0.15) is 0 Å². The highest BCUT2D eigenvalue weighted by Gasteiger charge is 2.51. The quantitative estimate of drug-likeness (QED) is 0.895. The Morgan fingerprint density at radius 1 is 1.35 bits per heavy atom. The number of piperidine rings is 1. The monoisotopic (exact) mass is 292 g/mol. The second kappa shape index (κ2) is 5.74. The first-order valence-corrected chi connectivity index (χ1v) is 7.83. The van der Waals surface area contributed by atoms with E-state index in [1.54, 1.807) is 0 Å². The Kier molecular flexibility index (Phi) is 3.99. The fraction of sp³-hybridized carbons (Fsp3) is 0.562. The van der Waals surface area contributed by atoms with Crippen LogP contribution < -0.4 is 10.6 Å². The number of carbonyl (C=O) groups excluding carboxylic acids is 1. The van der Waals surface area contributed by atoms with E-state index < -0.39 is 0 Å². The lowest BCUT2D eigenvalue weighted by Crippen LogP contribution is -2.41. The van der Waals surface area contributed by atoms with Gasteiger partial charge in [0.15, 0.2) is 0 Å². The van der Waals surface area contributed by atoms with Crippen LogP contribution in [0.4, 0.5) is 0 Å². The number of nitrogens with one attached hydrogen (secondary N) is 2. The molecule has 1 amide bonds. The molecule has 2 aliphatic rings. The standard InChI is InChI=1S/C16H21ClN2O/c17-14-5-3-13(4-6-14)16(7-8-16)15(20)19-11-12-2-1-9-18-10-12/h3-6,12,18H,1-2,7-11H2,(H,19,20). The summed E-state index contributed by atoms with van der Waals surface area (Å²) >= 11 is 5.92. The molecule has 1 aliphatic carbocycles. The Bertz CT molecular complexity index is 476. The highest BCUT2D eigenvalue weighted by molar-refractivity contribution is 6.30. The molecule has 1 atom stereocenters. The first-order chi connectivity index (χ1) is 9.71. The van der Waals surface area contributed by atoms with Crippen LogP contribution in [-0.2, 0) is 10.2 Å². The predicted octanol–water partition coefficient (Wildman–Crippen LogP) is 2.49. The molecule has 108 valence electrons.